The lowest BCUT2D eigenvalue weighted by Gasteiger charge is -2.09. The Morgan fingerprint density at radius 3 is 2.63 bits per heavy atom. The molecule has 0 aliphatic heterocycles. The lowest BCUT2D eigenvalue weighted by molar-refractivity contribution is 0.100. The third kappa shape index (κ3) is 3.49. The summed E-state index contributed by atoms with van der Waals surface area (Å²) in [6, 6.07) is 13.0. The largest absolute Gasteiger partial charge is 0.381 e. The Morgan fingerprint density at radius 2 is 2.00 bits per heavy atom. The van der Waals surface area contributed by atoms with Crippen LogP contribution in [0.1, 0.15) is 15.9 Å². The predicted molar refractivity (Wildman–Crippen MR) is 81.4 cm³/mol. The van der Waals surface area contributed by atoms with Crippen LogP contribution in [0.3, 0.4) is 0 Å². The fraction of sp³-hybridized carbons (Fsp3) is 0.0714. The van der Waals surface area contributed by atoms with Crippen molar-refractivity contribution >= 4 is 39.1 Å². The number of halogens is 2. The SMILES string of the molecule is NC(=O)c1ccc(NCc2ccccc2Br)cc1Cl. The van der Waals surface area contributed by atoms with Crippen LogP contribution in [0, 0.1) is 0 Å². The van der Waals surface area contributed by atoms with Gasteiger partial charge in [0.1, 0.15) is 0 Å². The molecule has 5 heteroatoms. The highest BCUT2D eigenvalue weighted by molar-refractivity contribution is 9.10. The fourth-order valence-electron chi connectivity index (χ4n) is 1.66. The van der Waals surface area contributed by atoms with Crippen molar-refractivity contribution in [3.8, 4) is 0 Å². The van der Waals surface area contributed by atoms with E-state index >= 15 is 0 Å². The highest BCUT2D eigenvalue weighted by atomic mass is 79.9. The van der Waals surface area contributed by atoms with E-state index in [-0.39, 0.29) is 0 Å². The number of anilines is 1. The number of rotatable bonds is 4. The third-order valence-electron chi connectivity index (χ3n) is 2.68. The van der Waals surface area contributed by atoms with Gasteiger partial charge in [0, 0.05) is 16.7 Å². The van der Waals surface area contributed by atoms with E-state index in [1.54, 1.807) is 18.2 Å². The summed E-state index contributed by atoms with van der Waals surface area (Å²) in [5, 5.41) is 3.59. The Balaban J connectivity index is 2.11. The van der Waals surface area contributed by atoms with E-state index in [0.29, 0.717) is 17.1 Å². The van der Waals surface area contributed by atoms with Crippen LogP contribution in [0.2, 0.25) is 5.02 Å². The molecule has 3 nitrogen and oxygen atoms in total. The molecule has 0 spiro atoms. The Hall–Kier alpha value is -1.52. The Morgan fingerprint density at radius 1 is 1.26 bits per heavy atom. The van der Waals surface area contributed by atoms with Crippen molar-refractivity contribution in [2.24, 2.45) is 5.73 Å². The quantitative estimate of drug-likeness (QED) is 0.890. The number of amides is 1. The van der Waals surface area contributed by atoms with E-state index in [0.717, 1.165) is 15.7 Å². The van der Waals surface area contributed by atoms with Crippen molar-refractivity contribution in [3.05, 3.63) is 63.1 Å². The van der Waals surface area contributed by atoms with Crippen LogP contribution in [0.4, 0.5) is 5.69 Å². The maximum Gasteiger partial charge on any atom is 0.250 e. The van der Waals surface area contributed by atoms with E-state index in [9.17, 15) is 4.79 Å². The maximum absolute atomic E-state index is 11.1. The Labute approximate surface area is 124 Å². The zero-order chi connectivity index (χ0) is 13.8. The van der Waals surface area contributed by atoms with E-state index in [2.05, 4.69) is 21.2 Å². The van der Waals surface area contributed by atoms with Crippen LogP contribution in [0.25, 0.3) is 0 Å². The van der Waals surface area contributed by atoms with Crippen LogP contribution < -0.4 is 11.1 Å². The van der Waals surface area contributed by atoms with Crippen molar-refractivity contribution in [1.82, 2.24) is 0 Å². The van der Waals surface area contributed by atoms with Gasteiger partial charge in [-0.2, -0.15) is 0 Å². The first-order valence-electron chi connectivity index (χ1n) is 5.64. The second-order valence-corrected chi connectivity index (χ2v) is 5.27. The summed E-state index contributed by atoms with van der Waals surface area (Å²) in [5.41, 5.74) is 7.50. The molecule has 98 valence electrons. The summed E-state index contributed by atoms with van der Waals surface area (Å²) >= 11 is 9.48. The molecule has 0 saturated heterocycles. The first-order chi connectivity index (χ1) is 9.08. The molecule has 2 rings (SSSR count). The number of carbonyl (C=O) groups is 1. The molecule has 0 saturated carbocycles. The van der Waals surface area contributed by atoms with Gasteiger partial charge in [0.2, 0.25) is 5.91 Å². The fourth-order valence-corrected chi connectivity index (χ4v) is 2.36. The molecule has 0 atom stereocenters. The first-order valence-corrected chi connectivity index (χ1v) is 6.81. The van der Waals surface area contributed by atoms with Crippen LogP contribution in [-0.2, 0) is 6.54 Å². The molecule has 0 aliphatic carbocycles. The van der Waals surface area contributed by atoms with Crippen molar-refractivity contribution in [2.45, 2.75) is 6.54 Å². The number of hydrogen-bond acceptors (Lipinski definition) is 2. The lowest BCUT2D eigenvalue weighted by atomic mass is 10.2. The third-order valence-corrected chi connectivity index (χ3v) is 3.76. The minimum atomic E-state index is -0.526. The van der Waals surface area contributed by atoms with Crippen LogP contribution in [0.15, 0.2) is 46.9 Å². The van der Waals surface area contributed by atoms with E-state index in [1.165, 1.54) is 0 Å². The van der Waals surface area contributed by atoms with Gasteiger partial charge >= 0.3 is 0 Å². The van der Waals surface area contributed by atoms with Crippen molar-refractivity contribution < 1.29 is 4.79 Å². The topological polar surface area (TPSA) is 55.1 Å². The summed E-state index contributed by atoms with van der Waals surface area (Å²) in [6.45, 7) is 0.660. The second kappa shape index (κ2) is 6.08. The number of nitrogens with two attached hydrogens (primary N) is 1. The highest BCUT2D eigenvalue weighted by Crippen LogP contribution is 2.22. The van der Waals surface area contributed by atoms with Gasteiger partial charge in [0.25, 0.3) is 0 Å². The zero-order valence-electron chi connectivity index (χ0n) is 9.99. The second-order valence-electron chi connectivity index (χ2n) is 4.00. The van der Waals surface area contributed by atoms with Crippen molar-refractivity contribution in [2.75, 3.05) is 5.32 Å². The highest BCUT2D eigenvalue weighted by Gasteiger charge is 2.07. The van der Waals surface area contributed by atoms with E-state index < -0.39 is 5.91 Å². The van der Waals surface area contributed by atoms with Gasteiger partial charge in [0.05, 0.1) is 10.6 Å². The molecule has 0 aliphatic rings. The minimum absolute atomic E-state index is 0.327. The molecule has 0 unspecified atom stereocenters. The molecular weight excluding hydrogens is 328 g/mol. The van der Waals surface area contributed by atoms with Gasteiger partial charge in [-0.3, -0.25) is 4.79 Å². The van der Waals surface area contributed by atoms with Crippen molar-refractivity contribution in [3.63, 3.8) is 0 Å². The monoisotopic (exact) mass is 338 g/mol. The zero-order valence-corrected chi connectivity index (χ0v) is 12.3. The molecule has 0 radical (unpaired) electrons. The van der Waals surface area contributed by atoms with Gasteiger partial charge in [-0.15, -0.1) is 0 Å². The van der Waals surface area contributed by atoms with Gasteiger partial charge in [-0.1, -0.05) is 45.7 Å². The predicted octanol–water partition coefficient (Wildman–Crippen LogP) is 3.81. The molecule has 0 bridgehead atoms. The van der Waals surface area contributed by atoms with E-state index in [1.807, 2.05) is 24.3 Å². The average molecular weight is 340 g/mol. The number of benzene rings is 2. The molecule has 1 amide bonds. The minimum Gasteiger partial charge on any atom is -0.381 e. The Bertz CT molecular complexity index is 616. The van der Waals surface area contributed by atoms with Crippen LogP contribution in [-0.4, -0.2) is 5.91 Å². The number of hydrogen-bond donors (Lipinski definition) is 2. The molecule has 19 heavy (non-hydrogen) atoms. The van der Waals surface area contributed by atoms with Crippen LogP contribution >= 0.6 is 27.5 Å². The molecule has 2 aromatic carbocycles. The summed E-state index contributed by atoms with van der Waals surface area (Å²) in [6.07, 6.45) is 0. The summed E-state index contributed by atoms with van der Waals surface area (Å²) in [4.78, 5) is 11.1. The van der Waals surface area contributed by atoms with Crippen LogP contribution in [0.5, 0.6) is 0 Å². The number of carbonyl (C=O) groups excluding carboxylic acids is 1. The first kappa shape index (κ1) is 13.9. The number of nitrogens with one attached hydrogen (secondary N) is 1. The van der Waals surface area contributed by atoms with Crippen molar-refractivity contribution in [1.29, 1.82) is 0 Å². The van der Waals surface area contributed by atoms with Gasteiger partial charge < -0.3 is 11.1 Å². The summed E-state index contributed by atoms with van der Waals surface area (Å²) in [7, 11) is 0. The summed E-state index contributed by atoms with van der Waals surface area (Å²) < 4.78 is 1.04. The number of primary amides is 1. The summed E-state index contributed by atoms with van der Waals surface area (Å²) in [5.74, 6) is -0.526. The Kier molecular flexibility index (Phi) is 4.45. The smallest absolute Gasteiger partial charge is 0.250 e. The normalized spacial score (nSPS) is 10.2. The molecule has 0 heterocycles. The maximum atomic E-state index is 11.1. The van der Waals surface area contributed by atoms with Gasteiger partial charge in [-0.05, 0) is 29.8 Å². The molecule has 3 N–H and O–H groups in total. The lowest BCUT2D eigenvalue weighted by Crippen LogP contribution is -2.11. The molecule has 0 fully saturated rings. The molecular formula is C14H12BrClN2O. The van der Waals surface area contributed by atoms with Gasteiger partial charge in [-0.25, -0.2) is 0 Å². The van der Waals surface area contributed by atoms with Gasteiger partial charge in [0.15, 0.2) is 0 Å². The standard InChI is InChI=1S/C14H12BrClN2O/c15-12-4-2-1-3-9(12)8-18-10-5-6-11(14(17)19)13(16)7-10/h1-7,18H,8H2,(H2,17,19). The average Bonchev–Trinajstić information content (AvgIpc) is 2.37. The van der Waals surface area contributed by atoms with E-state index in [4.69, 9.17) is 17.3 Å². The molecule has 0 aromatic heterocycles. The molecule has 2 aromatic rings.